The molecule has 1 aromatic heterocycles. The third-order valence-electron chi connectivity index (χ3n) is 4.81. The topological polar surface area (TPSA) is 108 Å². The summed E-state index contributed by atoms with van der Waals surface area (Å²) in [6.45, 7) is 7.44. The van der Waals surface area contributed by atoms with Gasteiger partial charge in [-0.2, -0.15) is 10.4 Å². The molecule has 25 heavy (non-hydrogen) atoms. The lowest BCUT2D eigenvalue weighted by Gasteiger charge is -2.31. The number of likely N-dealkylation sites (tertiary alicyclic amines) is 1. The van der Waals surface area contributed by atoms with E-state index in [2.05, 4.69) is 26.5 Å². The average molecular weight is 344 g/mol. The molecule has 1 amide bonds. The van der Waals surface area contributed by atoms with Gasteiger partial charge in [0, 0.05) is 13.1 Å². The Morgan fingerprint density at radius 2 is 2.20 bits per heavy atom. The first-order chi connectivity index (χ1) is 12.1. The van der Waals surface area contributed by atoms with Crippen molar-refractivity contribution < 1.29 is 4.79 Å². The van der Waals surface area contributed by atoms with Crippen molar-refractivity contribution in [1.82, 2.24) is 15.1 Å². The molecule has 1 fully saturated rings. The van der Waals surface area contributed by atoms with E-state index in [0.717, 1.165) is 69.5 Å². The quantitative estimate of drug-likeness (QED) is 0.692. The Bertz CT molecular complexity index is 639. The molecule has 0 bridgehead atoms. The molecule has 1 saturated heterocycles. The summed E-state index contributed by atoms with van der Waals surface area (Å²) in [6.07, 6.45) is 4.38. The van der Waals surface area contributed by atoms with Crippen LogP contribution in [0, 0.1) is 17.2 Å². The number of aromatic nitrogens is 2. The van der Waals surface area contributed by atoms with Gasteiger partial charge in [0.15, 0.2) is 5.82 Å². The van der Waals surface area contributed by atoms with Crippen LogP contribution in [-0.2, 0) is 17.6 Å². The van der Waals surface area contributed by atoms with Crippen molar-refractivity contribution in [3.8, 4) is 6.07 Å². The van der Waals surface area contributed by atoms with Crippen molar-refractivity contribution in [2.24, 2.45) is 11.7 Å². The molecule has 0 spiro atoms. The highest BCUT2D eigenvalue weighted by Gasteiger charge is 2.23. The molecule has 1 aliphatic heterocycles. The molecule has 0 aliphatic carbocycles. The molecule has 2 heterocycles. The summed E-state index contributed by atoms with van der Waals surface area (Å²) < 4.78 is 0. The molecule has 136 valence electrons. The van der Waals surface area contributed by atoms with Crippen LogP contribution in [0.15, 0.2) is 0 Å². The lowest BCUT2D eigenvalue weighted by Crippen LogP contribution is -2.41. The van der Waals surface area contributed by atoms with Crippen LogP contribution in [0.25, 0.3) is 0 Å². The summed E-state index contributed by atoms with van der Waals surface area (Å²) in [5.41, 5.74) is 7.92. The number of nitrogens with two attached hydrogens (primary N) is 1. The number of nitriles is 1. The number of nitrogens with one attached hydrogen (secondary N) is 1. The van der Waals surface area contributed by atoms with Crippen LogP contribution >= 0.6 is 0 Å². The number of hydrogen-bond donors (Lipinski definition) is 2. The second kappa shape index (κ2) is 9.33. The minimum Gasteiger partial charge on any atom is -0.369 e. The van der Waals surface area contributed by atoms with E-state index >= 15 is 0 Å². The third kappa shape index (κ3) is 4.89. The number of hydrogen-bond acceptors (Lipinski definition) is 6. The van der Waals surface area contributed by atoms with Crippen LogP contribution < -0.4 is 11.1 Å². The fourth-order valence-electron chi connectivity index (χ4n) is 3.42. The zero-order valence-corrected chi connectivity index (χ0v) is 15.2. The standard InChI is InChI=1S/C18H28N6O/c1-3-14-15(11-19)18(23-22-16(14)4-2)21-8-6-10-24-9-5-7-13(12-24)17(20)25/h13H,3-10,12H2,1-2H3,(H2,20,25)(H,21,23)/t13-/m0/s1. The van der Waals surface area contributed by atoms with E-state index in [1.165, 1.54) is 0 Å². The fraction of sp³-hybridized carbons (Fsp3) is 0.667. The zero-order chi connectivity index (χ0) is 18.2. The number of rotatable bonds is 8. The van der Waals surface area contributed by atoms with Gasteiger partial charge in [0.05, 0.1) is 11.6 Å². The van der Waals surface area contributed by atoms with Gasteiger partial charge in [0.1, 0.15) is 11.6 Å². The molecule has 1 aliphatic rings. The van der Waals surface area contributed by atoms with E-state index < -0.39 is 0 Å². The monoisotopic (exact) mass is 344 g/mol. The number of carbonyl (C=O) groups excluding carboxylic acids is 1. The number of amides is 1. The van der Waals surface area contributed by atoms with E-state index in [0.29, 0.717) is 11.4 Å². The molecular weight excluding hydrogens is 316 g/mol. The molecule has 1 atom stereocenters. The molecule has 0 unspecified atom stereocenters. The summed E-state index contributed by atoms with van der Waals surface area (Å²) in [7, 11) is 0. The van der Waals surface area contributed by atoms with Gasteiger partial charge in [-0.3, -0.25) is 4.79 Å². The Morgan fingerprint density at radius 1 is 1.40 bits per heavy atom. The van der Waals surface area contributed by atoms with Crippen LogP contribution in [0.2, 0.25) is 0 Å². The highest BCUT2D eigenvalue weighted by atomic mass is 16.1. The van der Waals surface area contributed by atoms with E-state index in [1.807, 2.05) is 13.8 Å². The fourth-order valence-corrected chi connectivity index (χ4v) is 3.42. The van der Waals surface area contributed by atoms with Crippen LogP contribution in [-0.4, -0.2) is 47.2 Å². The summed E-state index contributed by atoms with van der Waals surface area (Å²) in [6, 6.07) is 2.27. The molecule has 0 aromatic carbocycles. The smallest absolute Gasteiger partial charge is 0.221 e. The predicted molar refractivity (Wildman–Crippen MR) is 97.0 cm³/mol. The van der Waals surface area contributed by atoms with E-state index in [4.69, 9.17) is 5.73 Å². The first kappa shape index (κ1) is 19.1. The van der Waals surface area contributed by atoms with Gasteiger partial charge in [0.2, 0.25) is 5.91 Å². The van der Waals surface area contributed by atoms with Gasteiger partial charge in [-0.25, -0.2) is 0 Å². The number of anilines is 1. The highest BCUT2D eigenvalue weighted by Crippen LogP contribution is 2.20. The van der Waals surface area contributed by atoms with Gasteiger partial charge in [0.25, 0.3) is 0 Å². The Hall–Kier alpha value is -2.20. The predicted octanol–water partition coefficient (Wildman–Crippen LogP) is 1.47. The van der Waals surface area contributed by atoms with Crippen molar-refractivity contribution in [1.29, 1.82) is 5.26 Å². The van der Waals surface area contributed by atoms with Crippen LogP contribution in [0.5, 0.6) is 0 Å². The summed E-state index contributed by atoms with van der Waals surface area (Å²) in [5.74, 6) is 0.358. The Kier molecular flexibility index (Phi) is 7.14. The first-order valence-electron chi connectivity index (χ1n) is 9.14. The van der Waals surface area contributed by atoms with E-state index in [-0.39, 0.29) is 11.8 Å². The second-order valence-electron chi connectivity index (χ2n) is 6.49. The normalized spacial score (nSPS) is 17.9. The van der Waals surface area contributed by atoms with Gasteiger partial charge >= 0.3 is 0 Å². The van der Waals surface area contributed by atoms with Crippen molar-refractivity contribution in [3.63, 3.8) is 0 Å². The molecule has 7 nitrogen and oxygen atoms in total. The Morgan fingerprint density at radius 3 is 2.84 bits per heavy atom. The number of nitrogens with zero attached hydrogens (tertiary/aromatic N) is 4. The number of piperidine rings is 1. The average Bonchev–Trinajstić information content (AvgIpc) is 2.64. The maximum Gasteiger partial charge on any atom is 0.221 e. The maximum absolute atomic E-state index is 11.3. The van der Waals surface area contributed by atoms with Crippen LogP contribution in [0.4, 0.5) is 5.82 Å². The Balaban J connectivity index is 1.88. The Labute approximate surface area is 149 Å². The molecule has 3 N–H and O–H groups in total. The largest absolute Gasteiger partial charge is 0.369 e. The first-order valence-corrected chi connectivity index (χ1v) is 9.14. The van der Waals surface area contributed by atoms with E-state index in [9.17, 15) is 10.1 Å². The lowest BCUT2D eigenvalue weighted by molar-refractivity contribution is -0.123. The number of primary amides is 1. The van der Waals surface area contributed by atoms with Crippen molar-refractivity contribution in [2.75, 3.05) is 31.5 Å². The van der Waals surface area contributed by atoms with Crippen LogP contribution in [0.1, 0.15) is 49.9 Å². The summed E-state index contributed by atoms with van der Waals surface area (Å²) in [4.78, 5) is 13.6. The van der Waals surface area contributed by atoms with Crippen molar-refractivity contribution in [3.05, 3.63) is 16.8 Å². The van der Waals surface area contributed by atoms with Gasteiger partial charge in [-0.1, -0.05) is 13.8 Å². The summed E-state index contributed by atoms with van der Waals surface area (Å²) >= 11 is 0. The molecule has 0 radical (unpaired) electrons. The zero-order valence-electron chi connectivity index (χ0n) is 15.2. The van der Waals surface area contributed by atoms with Crippen molar-refractivity contribution >= 4 is 11.7 Å². The minimum absolute atomic E-state index is 0.0218. The van der Waals surface area contributed by atoms with Gasteiger partial charge in [-0.15, -0.1) is 5.10 Å². The summed E-state index contributed by atoms with van der Waals surface area (Å²) in [5, 5.41) is 21.2. The second-order valence-corrected chi connectivity index (χ2v) is 6.49. The van der Waals surface area contributed by atoms with Crippen LogP contribution in [0.3, 0.4) is 0 Å². The SMILES string of the molecule is CCc1nnc(NCCCN2CCC[C@H](C(N)=O)C2)c(C#N)c1CC. The van der Waals surface area contributed by atoms with E-state index in [1.54, 1.807) is 0 Å². The lowest BCUT2D eigenvalue weighted by atomic mass is 9.97. The third-order valence-corrected chi connectivity index (χ3v) is 4.81. The maximum atomic E-state index is 11.3. The number of carbonyl (C=O) groups is 1. The van der Waals surface area contributed by atoms with Gasteiger partial charge in [-0.05, 0) is 50.8 Å². The minimum atomic E-state index is -0.195. The molecule has 0 saturated carbocycles. The molecule has 7 heteroatoms. The van der Waals surface area contributed by atoms with Gasteiger partial charge < -0.3 is 16.0 Å². The molecular formula is C18H28N6O. The highest BCUT2D eigenvalue weighted by molar-refractivity contribution is 5.76. The molecule has 2 rings (SSSR count). The van der Waals surface area contributed by atoms with Crippen molar-refractivity contribution in [2.45, 2.75) is 46.0 Å². The molecule has 1 aromatic rings. The number of aryl methyl sites for hydroxylation is 1.